The van der Waals surface area contributed by atoms with Crippen molar-refractivity contribution >= 4 is 5.91 Å². The number of H-pyrrole nitrogens is 1. The van der Waals surface area contributed by atoms with Crippen LogP contribution in [0.15, 0.2) is 16.7 Å². The van der Waals surface area contributed by atoms with Crippen molar-refractivity contribution in [2.45, 2.75) is 38.6 Å². The third-order valence-electron chi connectivity index (χ3n) is 4.83. The molecule has 1 N–H and O–H groups in total. The molecule has 0 bridgehead atoms. The summed E-state index contributed by atoms with van der Waals surface area (Å²) in [5.74, 6) is 1.80. The first-order chi connectivity index (χ1) is 11.3. The summed E-state index contributed by atoms with van der Waals surface area (Å²) in [7, 11) is 0. The van der Waals surface area contributed by atoms with E-state index in [-0.39, 0.29) is 11.9 Å². The third kappa shape index (κ3) is 2.47. The molecule has 1 amide bonds. The van der Waals surface area contributed by atoms with Gasteiger partial charge in [-0.05, 0) is 32.3 Å². The lowest BCUT2D eigenvalue weighted by molar-refractivity contribution is -0.00405. The second-order valence-corrected chi connectivity index (χ2v) is 6.24. The summed E-state index contributed by atoms with van der Waals surface area (Å²) < 4.78 is 11.5. The lowest BCUT2D eigenvalue weighted by Crippen LogP contribution is -2.44. The van der Waals surface area contributed by atoms with Crippen molar-refractivity contribution in [2.24, 2.45) is 0 Å². The van der Waals surface area contributed by atoms with Crippen LogP contribution in [0.2, 0.25) is 0 Å². The van der Waals surface area contributed by atoms with Crippen molar-refractivity contribution < 1.29 is 13.9 Å². The van der Waals surface area contributed by atoms with E-state index in [1.807, 2.05) is 17.9 Å². The van der Waals surface area contributed by atoms with Crippen LogP contribution < -0.4 is 0 Å². The van der Waals surface area contributed by atoms with Gasteiger partial charge in [0.1, 0.15) is 11.5 Å². The topological polar surface area (TPSA) is 71.4 Å². The summed E-state index contributed by atoms with van der Waals surface area (Å²) in [6, 6.07) is 1.78. The van der Waals surface area contributed by atoms with Crippen molar-refractivity contribution in [3.8, 4) is 0 Å². The van der Waals surface area contributed by atoms with Crippen LogP contribution in [-0.2, 0) is 17.6 Å². The molecule has 2 aliphatic rings. The zero-order chi connectivity index (χ0) is 15.8. The van der Waals surface area contributed by atoms with Gasteiger partial charge in [-0.2, -0.15) is 5.10 Å². The zero-order valence-electron chi connectivity index (χ0n) is 13.3. The van der Waals surface area contributed by atoms with E-state index in [1.54, 1.807) is 6.20 Å². The number of rotatable bonds is 2. The van der Waals surface area contributed by atoms with Crippen molar-refractivity contribution in [2.75, 3.05) is 19.8 Å². The minimum atomic E-state index is -0.118. The van der Waals surface area contributed by atoms with E-state index >= 15 is 0 Å². The Morgan fingerprint density at radius 2 is 2.26 bits per heavy atom. The normalized spacial score (nSPS) is 21.3. The Labute approximate surface area is 134 Å². The average Bonchev–Trinajstić information content (AvgIpc) is 3.21. The van der Waals surface area contributed by atoms with Gasteiger partial charge < -0.3 is 14.1 Å². The Hall–Kier alpha value is -2.08. The molecule has 1 aliphatic heterocycles. The summed E-state index contributed by atoms with van der Waals surface area (Å²) in [4.78, 5) is 15.1. The molecule has 0 saturated carbocycles. The molecule has 122 valence electrons. The number of aryl methyl sites for hydroxylation is 2. The largest absolute Gasteiger partial charge is 0.465 e. The minimum absolute atomic E-state index is 0.0531. The SMILES string of the molecule is Cc1oc2c(c1C(=O)N1CCOC[C@@H]1c1ccn[nH]1)CCCC2. The van der Waals surface area contributed by atoms with Crippen LogP contribution in [0.3, 0.4) is 0 Å². The number of furan rings is 1. The Kier molecular flexibility index (Phi) is 3.69. The lowest BCUT2D eigenvalue weighted by atomic mass is 9.93. The molecule has 1 aliphatic carbocycles. The number of hydrogen-bond donors (Lipinski definition) is 1. The number of carbonyl (C=O) groups is 1. The van der Waals surface area contributed by atoms with E-state index in [0.29, 0.717) is 19.8 Å². The van der Waals surface area contributed by atoms with E-state index in [1.165, 1.54) is 0 Å². The van der Waals surface area contributed by atoms with Gasteiger partial charge in [0.25, 0.3) is 5.91 Å². The van der Waals surface area contributed by atoms with E-state index in [4.69, 9.17) is 9.15 Å². The average molecular weight is 315 g/mol. The maximum absolute atomic E-state index is 13.2. The smallest absolute Gasteiger partial charge is 0.258 e. The van der Waals surface area contributed by atoms with E-state index in [0.717, 1.165) is 54.0 Å². The molecular weight excluding hydrogens is 294 g/mol. The van der Waals surface area contributed by atoms with E-state index in [2.05, 4.69) is 10.2 Å². The molecule has 6 nitrogen and oxygen atoms in total. The molecule has 0 spiro atoms. The molecule has 1 saturated heterocycles. The van der Waals surface area contributed by atoms with E-state index in [9.17, 15) is 4.79 Å². The van der Waals surface area contributed by atoms with Gasteiger partial charge in [-0.15, -0.1) is 0 Å². The summed E-state index contributed by atoms with van der Waals surface area (Å²) in [6.45, 7) is 3.54. The molecule has 1 atom stereocenters. The lowest BCUT2D eigenvalue weighted by Gasteiger charge is -2.35. The highest BCUT2D eigenvalue weighted by Gasteiger charge is 2.34. The molecule has 3 heterocycles. The zero-order valence-corrected chi connectivity index (χ0v) is 13.3. The molecular formula is C17H21N3O3. The first-order valence-electron chi connectivity index (χ1n) is 8.25. The first-order valence-corrected chi connectivity index (χ1v) is 8.25. The van der Waals surface area contributed by atoms with Crippen LogP contribution in [0.4, 0.5) is 0 Å². The van der Waals surface area contributed by atoms with Crippen molar-refractivity contribution in [3.05, 3.63) is 40.6 Å². The van der Waals surface area contributed by atoms with Crippen LogP contribution in [0.1, 0.15) is 52.0 Å². The van der Waals surface area contributed by atoms with E-state index < -0.39 is 0 Å². The van der Waals surface area contributed by atoms with Crippen LogP contribution >= 0.6 is 0 Å². The molecule has 0 unspecified atom stereocenters. The van der Waals surface area contributed by atoms with Gasteiger partial charge in [-0.25, -0.2) is 0 Å². The molecule has 1 fully saturated rings. The highest BCUT2D eigenvalue weighted by Crippen LogP contribution is 2.33. The van der Waals surface area contributed by atoms with Crippen LogP contribution in [0.25, 0.3) is 0 Å². The fraction of sp³-hybridized carbons (Fsp3) is 0.529. The third-order valence-corrected chi connectivity index (χ3v) is 4.83. The van der Waals surface area contributed by atoms with Crippen molar-refractivity contribution in [1.29, 1.82) is 0 Å². The summed E-state index contributed by atoms with van der Waals surface area (Å²) >= 11 is 0. The molecule has 0 aromatic carbocycles. The quantitative estimate of drug-likeness (QED) is 0.924. The number of carbonyl (C=O) groups excluding carboxylic acids is 1. The molecule has 23 heavy (non-hydrogen) atoms. The number of morpholine rings is 1. The molecule has 6 heteroatoms. The number of hydrogen-bond acceptors (Lipinski definition) is 4. The molecule has 2 aromatic rings. The predicted molar refractivity (Wildman–Crippen MR) is 83.3 cm³/mol. The highest BCUT2D eigenvalue weighted by molar-refractivity contribution is 5.97. The fourth-order valence-corrected chi connectivity index (χ4v) is 3.68. The van der Waals surface area contributed by atoms with Crippen molar-refractivity contribution in [3.63, 3.8) is 0 Å². The van der Waals surface area contributed by atoms with Crippen LogP contribution in [0.5, 0.6) is 0 Å². The summed E-state index contributed by atoms with van der Waals surface area (Å²) in [5, 5.41) is 6.97. The number of aromatic nitrogens is 2. The van der Waals surface area contributed by atoms with Gasteiger partial charge in [0, 0.05) is 24.7 Å². The number of aromatic amines is 1. The molecule has 4 rings (SSSR count). The monoisotopic (exact) mass is 315 g/mol. The highest BCUT2D eigenvalue weighted by atomic mass is 16.5. The number of ether oxygens (including phenoxy) is 1. The fourth-order valence-electron chi connectivity index (χ4n) is 3.68. The van der Waals surface area contributed by atoms with Gasteiger partial charge >= 0.3 is 0 Å². The Bertz CT molecular complexity index is 705. The van der Waals surface area contributed by atoms with Gasteiger partial charge in [0.05, 0.1) is 30.5 Å². The second kappa shape index (κ2) is 5.85. The Morgan fingerprint density at radius 3 is 3.09 bits per heavy atom. The number of nitrogens with one attached hydrogen (secondary N) is 1. The standard InChI is InChI=1S/C17H21N3O3/c1-11-16(12-4-2-3-5-15(12)23-11)17(21)20-8-9-22-10-14(20)13-6-7-18-19-13/h6-7,14H,2-5,8-10H2,1H3,(H,18,19)/t14-/m1/s1. The number of fused-ring (bicyclic) bond motifs is 1. The van der Waals surface area contributed by atoms with Gasteiger partial charge in [-0.3, -0.25) is 9.89 Å². The van der Waals surface area contributed by atoms with Gasteiger partial charge in [0.2, 0.25) is 0 Å². The maximum atomic E-state index is 13.2. The molecule has 2 aromatic heterocycles. The summed E-state index contributed by atoms with van der Waals surface area (Å²) in [6.07, 6.45) is 5.85. The second-order valence-electron chi connectivity index (χ2n) is 6.24. The number of amides is 1. The van der Waals surface area contributed by atoms with Crippen LogP contribution in [0, 0.1) is 6.92 Å². The van der Waals surface area contributed by atoms with Gasteiger partial charge in [-0.1, -0.05) is 0 Å². The number of nitrogens with zero attached hydrogens (tertiary/aromatic N) is 2. The summed E-state index contributed by atoms with van der Waals surface area (Å²) in [5.41, 5.74) is 2.80. The van der Waals surface area contributed by atoms with Crippen LogP contribution in [-0.4, -0.2) is 40.8 Å². The predicted octanol–water partition coefficient (Wildman–Crippen LogP) is 2.40. The molecule has 0 radical (unpaired) electrons. The van der Waals surface area contributed by atoms with Crippen molar-refractivity contribution in [1.82, 2.24) is 15.1 Å². The maximum Gasteiger partial charge on any atom is 0.258 e. The minimum Gasteiger partial charge on any atom is -0.465 e. The first kappa shape index (κ1) is 14.5. The Morgan fingerprint density at radius 1 is 1.39 bits per heavy atom. The van der Waals surface area contributed by atoms with Gasteiger partial charge in [0.15, 0.2) is 0 Å². The Balaban J connectivity index is 1.69.